The Labute approximate surface area is 137 Å². The average molecular weight is 329 g/mol. The summed E-state index contributed by atoms with van der Waals surface area (Å²) in [5, 5.41) is 12.5. The molecule has 0 spiro atoms. The third-order valence-electron chi connectivity index (χ3n) is 3.87. The van der Waals surface area contributed by atoms with Crippen LogP contribution in [0.15, 0.2) is 39.9 Å². The Morgan fingerprint density at radius 2 is 2.00 bits per heavy atom. The summed E-state index contributed by atoms with van der Waals surface area (Å²) < 4.78 is 2.88. The highest BCUT2D eigenvalue weighted by Crippen LogP contribution is 2.15. The number of aliphatic hydroxyl groups is 1. The van der Waals surface area contributed by atoms with E-state index in [1.54, 1.807) is 11.6 Å². The highest BCUT2D eigenvalue weighted by Gasteiger charge is 2.16. The monoisotopic (exact) mass is 329 g/mol. The number of nitrogens with one attached hydrogen (secondary N) is 2. The molecule has 2 aromatic heterocycles. The molecule has 8 heteroatoms. The van der Waals surface area contributed by atoms with Crippen molar-refractivity contribution in [1.82, 2.24) is 19.1 Å². The molecule has 0 unspecified atom stereocenters. The molecule has 0 fully saturated rings. The highest BCUT2D eigenvalue weighted by molar-refractivity contribution is 5.74. The summed E-state index contributed by atoms with van der Waals surface area (Å²) >= 11 is 0. The van der Waals surface area contributed by atoms with Crippen molar-refractivity contribution in [3.63, 3.8) is 0 Å². The number of anilines is 1. The minimum atomic E-state index is -0.517. The van der Waals surface area contributed by atoms with Crippen molar-refractivity contribution in [2.24, 2.45) is 7.05 Å². The third-order valence-corrected chi connectivity index (χ3v) is 3.87. The molecule has 126 valence electrons. The normalized spacial score (nSPS) is 11.1. The number of H-pyrrole nitrogens is 1. The molecule has 3 rings (SSSR count). The topological polar surface area (TPSA) is 105 Å². The minimum absolute atomic E-state index is 0.138. The van der Waals surface area contributed by atoms with Crippen molar-refractivity contribution in [1.29, 1.82) is 0 Å². The van der Waals surface area contributed by atoms with E-state index in [2.05, 4.69) is 15.3 Å². The zero-order valence-corrected chi connectivity index (χ0v) is 13.3. The Balaban J connectivity index is 1.93. The number of hydrogen-bond acceptors (Lipinski definition) is 5. The lowest BCUT2D eigenvalue weighted by molar-refractivity contribution is 0.278. The van der Waals surface area contributed by atoms with E-state index in [-0.39, 0.29) is 18.7 Å². The Bertz CT molecular complexity index is 955. The van der Waals surface area contributed by atoms with Crippen molar-refractivity contribution < 1.29 is 5.11 Å². The van der Waals surface area contributed by atoms with Gasteiger partial charge >= 0.3 is 5.69 Å². The van der Waals surface area contributed by atoms with Gasteiger partial charge in [0.05, 0.1) is 6.61 Å². The van der Waals surface area contributed by atoms with Crippen LogP contribution in [0.25, 0.3) is 11.2 Å². The van der Waals surface area contributed by atoms with Gasteiger partial charge in [-0.25, -0.2) is 4.79 Å². The van der Waals surface area contributed by atoms with E-state index >= 15 is 0 Å². The summed E-state index contributed by atoms with van der Waals surface area (Å²) in [6, 6.07) is 9.99. The molecule has 0 saturated carbocycles. The largest absolute Gasteiger partial charge is 0.395 e. The first-order valence-electron chi connectivity index (χ1n) is 7.70. The zero-order chi connectivity index (χ0) is 17.1. The molecule has 0 bridgehead atoms. The lowest BCUT2D eigenvalue weighted by Gasteiger charge is -2.09. The number of aromatic nitrogens is 4. The minimum Gasteiger partial charge on any atom is -0.395 e. The second-order valence-corrected chi connectivity index (χ2v) is 5.46. The van der Waals surface area contributed by atoms with Crippen molar-refractivity contribution >= 4 is 17.1 Å². The van der Waals surface area contributed by atoms with E-state index in [1.807, 2.05) is 30.3 Å². The van der Waals surface area contributed by atoms with Crippen molar-refractivity contribution in [3.05, 3.63) is 56.7 Å². The van der Waals surface area contributed by atoms with E-state index in [0.29, 0.717) is 18.1 Å². The molecule has 0 aliphatic rings. The van der Waals surface area contributed by atoms with Crippen LogP contribution in [0.5, 0.6) is 0 Å². The van der Waals surface area contributed by atoms with Crippen LogP contribution in [0.4, 0.5) is 5.95 Å². The fourth-order valence-corrected chi connectivity index (χ4v) is 2.65. The van der Waals surface area contributed by atoms with Crippen molar-refractivity contribution in [2.45, 2.75) is 13.0 Å². The lowest BCUT2D eigenvalue weighted by atomic mass is 10.1. The average Bonchev–Trinajstić information content (AvgIpc) is 2.93. The van der Waals surface area contributed by atoms with Crippen LogP contribution in [0, 0.1) is 0 Å². The van der Waals surface area contributed by atoms with E-state index in [4.69, 9.17) is 0 Å². The van der Waals surface area contributed by atoms with Gasteiger partial charge in [-0.3, -0.25) is 14.3 Å². The van der Waals surface area contributed by atoms with Crippen LogP contribution >= 0.6 is 0 Å². The fourth-order valence-electron chi connectivity index (χ4n) is 2.65. The number of aromatic amines is 1. The number of rotatable bonds is 6. The number of imidazole rings is 1. The number of aryl methyl sites for hydroxylation is 1. The maximum atomic E-state index is 12.1. The van der Waals surface area contributed by atoms with Gasteiger partial charge in [-0.1, -0.05) is 30.3 Å². The van der Waals surface area contributed by atoms with Gasteiger partial charge in [0.15, 0.2) is 11.2 Å². The van der Waals surface area contributed by atoms with Crippen LogP contribution in [-0.2, 0) is 20.0 Å². The van der Waals surface area contributed by atoms with Crippen LogP contribution in [0.2, 0.25) is 0 Å². The van der Waals surface area contributed by atoms with Crippen LogP contribution in [-0.4, -0.2) is 37.4 Å². The number of benzene rings is 1. The van der Waals surface area contributed by atoms with E-state index in [0.717, 1.165) is 6.42 Å². The zero-order valence-electron chi connectivity index (χ0n) is 13.3. The first-order chi connectivity index (χ1) is 11.6. The third kappa shape index (κ3) is 2.95. The maximum Gasteiger partial charge on any atom is 0.329 e. The summed E-state index contributed by atoms with van der Waals surface area (Å²) in [7, 11) is 1.55. The number of fused-ring (bicyclic) bond motifs is 1. The summed E-state index contributed by atoms with van der Waals surface area (Å²) in [5.41, 5.74) is 0.718. The van der Waals surface area contributed by atoms with Crippen LogP contribution in [0.3, 0.4) is 0 Å². The molecule has 0 radical (unpaired) electrons. The molecular weight excluding hydrogens is 310 g/mol. The standard InChI is InChI=1S/C16H19N5O3/c1-20-13-12(14(23)19-16(20)24)21(9-10-22)15(18-13)17-8-7-11-5-3-2-4-6-11/h2-6,22H,7-10H2,1H3,(H,17,18)(H,19,23,24). The first-order valence-corrected chi connectivity index (χ1v) is 7.70. The fraction of sp³-hybridized carbons (Fsp3) is 0.312. The van der Waals surface area contributed by atoms with Gasteiger partial charge in [-0.05, 0) is 12.0 Å². The molecule has 0 aliphatic heterocycles. The van der Waals surface area contributed by atoms with Gasteiger partial charge in [-0.2, -0.15) is 4.98 Å². The summed E-state index contributed by atoms with van der Waals surface area (Å²) in [4.78, 5) is 30.5. The lowest BCUT2D eigenvalue weighted by Crippen LogP contribution is -2.29. The summed E-state index contributed by atoms with van der Waals surface area (Å²) in [5.74, 6) is 0.460. The van der Waals surface area contributed by atoms with E-state index in [9.17, 15) is 14.7 Å². The SMILES string of the molecule is Cn1c(=O)[nH]c(=O)c2c1nc(NCCc1ccccc1)n2CCO. The van der Waals surface area contributed by atoms with Crippen LogP contribution < -0.4 is 16.6 Å². The van der Waals surface area contributed by atoms with Gasteiger partial charge in [0, 0.05) is 20.1 Å². The molecule has 0 atom stereocenters. The van der Waals surface area contributed by atoms with E-state index < -0.39 is 11.2 Å². The quantitative estimate of drug-likeness (QED) is 0.593. The second-order valence-electron chi connectivity index (χ2n) is 5.46. The van der Waals surface area contributed by atoms with Crippen molar-refractivity contribution in [2.75, 3.05) is 18.5 Å². The molecule has 3 N–H and O–H groups in total. The van der Waals surface area contributed by atoms with Gasteiger partial charge in [-0.15, -0.1) is 0 Å². The predicted molar refractivity (Wildman–Crippen MR) is 91.3 cm³/mol. The summed E-state index contributed by atoms with van der Waals surface area (Å²) in [6.07, 6.45) is 0.790. The molecule has 3 aromatic rings. The van der Waals surface area contributed by atoms with Gasteiger partial charge in [0.2, 0.25) is 5.95 Å². The molecule has 0 saturated heterocycles. The van der Waals surface area contributed by atoms with Crippen molar-refractivity contribution in [3.8, 4) is 0 Å². The Morgan fingerprint density at radius 1 is 1.25 bits per heavy atom. The Hall–Kier alpha value is -2.87. The van der Waals surface area contributed by atoms with Gasteiger partial charge in [0.25, 0.3) is 5.56 Å². The maximum absolute atomic E-state index is 12.1. The smallest absolute Gasteiger partial charge is 0.329 e. The van der Waals surface area contributed by atoms with Gasteiger partial charge < -0.3 is 15.0 Å². The Kier molecular flexibility index (Phi) is 4.48. The molecular formula is C16H19N5O3. The predicted octanol–water partition coefficient (Wildman–Crippen LogP) is 0.0702. The highest BCUT2D eigenvalue weighted by atomic mass is 16.3. The molecule has 24 heavy (non-hydrogen) atoms. The molecule has 1 aromatic carbocycles. The number of nitrogens with zero attached hydrogens (tertiary/aromatic N) is 3. The molecule has 0 amide bonds. The van der Waals surface area contributed by atoms with E-state index in [1.165, 1.54) is 10.1 Å². The molecule has 8 nitrogen and oxygen atoms in total. The Morgan fingerprint density at radius 3 is 2.71 bits per heavy atom. The molecule has 0 aliphatic carbocycles. The number of hydrogen-bond donors (Lipinski definition) is 3. The first kappa shape index (κ1) is 16.0. The van der Waals surface area contributed by atoms with Gasteiger partial charge in [0.1, 0.15) is 0 Å². The van der Waals surface area contributed by atoms with Crippen LogP contribution in [0.1, 0.15) is 5.56 Å². The second kappa shape index (κ2) is 6.71. The number of aliphatic hydroxyl groups excluding tert-OH is 1. The summed E-state index contributed by atoms with van der Waals surface area (Å²) in [6.45, 7) is 0.692. The molecule has 2 heterocycles.